The minimum absolute atomic E-state index is 0.0462. The van der Waals surface area contributed by atoms with Crippen LogP contribution in [-0.4, -0.2) is 22.4 Å². The smallest absolute Gasteiger partial charge is 0.251 e. The first kappa shape index (κ1) is 12.1. The monoisotopic (exact) mass is 341 g/mol. The van der Waals surface area contributed by atoms with Crippen molar-refractivity contribution in [1.29, 1.82) is 0 Å². The largest absolute Gasteiger partial charge is 0.352 e. The maximum Gasteiger partial charge on any atom is 0.251 e. The zero-order valence-electron chi connectivity index (χ0n) is 9.11. The van der Waals surface area contributed by atoms with Gasteiger partial charge in [-0.25, -0.2) is 4.98 Å². The quantitative estimate of drug-likeness (QED) is 0.836. The van der Waals surface area contributed by atoms with E-state index in [4.69, 9.17) is 0 Å². The molecular weight excluding hydrogens is 329 g/mol. The minimum atomic E-state index is -0.0462. The van der Waals surface area contributed by atoms with Gasteiger partial charge in [-0.1, -0.05) is 6.07 Å². The van der Waals surface area contributed by atoms with Gasteiger partial charge in [-0.2, -0.15) is 0 Å². The molecular formula is C12H12IN3O. The molecule has 0 saturated carbocycles. The van der Waals surface area contributed by atoms with Gasteiger partial charge in [-0.3, -0.25) is 4.79 Å². The number of aromatic nitrogens is 2. The number of amides is 1. The van der Waals surface area contributed by atoms with Crippen molar-refractivity contribution in [1.82, 2.24) is 15.3 Å². The van der Waals surface area contributed by atoms with E-state index in [0.29, 0.717) is 18.5 Å². The third kappa shape index (κ3) is 3.55. The summed E-state index contributed by atoms with van der Waals surface area (Å²) in [6.45, 7) is 0.581. The molecule has 1 amide bonds. The third-order valence-electron chi connectivity index (χ3n) is 2.29. The van der Waals surface area contributed by atoms with E-state index in [9.17, 15) is 4.79 Å². The predicted molar refractivity (Wildman–Crippen MR) is 73.8 cm³/mol. The summed E-state index contributed by atoms with van der Waals surface area (Å²) in [5.74, 6) is 0.836. The van der Waals surface area contributed by atoms with Crippen molar-refractivity contribution in [2.45, 2.75) is 6.42 Å². The number of carbonyl (C=O) groups excluding carboxylic acids is 1. The van der Waals surface area contributed by atoms with Crippen LogP contribution in [0.25, 0.3) is 0 Å². The molecule has 0 fully saturated rings. The van der Waals surface area contributed by atoms with Crippen LogP contribution in [0, 0.1) is 3.57 Å². The van der Waals surface area contributed by atoms with Gasteiger partial charge in [0.2, 0.25) is 0 Å². The second kappa shape index (κ2) is 5.81. The van der Waals surface area contributed by atoms with E-state index < -0.39 is 0 Å². The van der Waals surface area contributed by atoms with Gasteiger partial charge >= 0.3 is 0 Å². The van der Waals surface area contributed by atoms with Crippen LogP contribution < -0.4 is 5.32 Å². The summed E-state index contributed by atoms with van der Waals surface area (Å²) in [6.07, 6.45) is 4.19. The topological polar surface area (TPSA) is 57.8 Å². The summed E-state index contributed by atoms with van der Waals surface area (Å²) in [7, 11) is 0. The summed E-state index contributed by atoms with van der Waals surface area (Å²) in [4.78, 5) is 18.9. The molecule has 0 spiro atoms. The Hall–Kier alpha value is -1.37. The highest BCUT2D eigenvalue weighted by Gasteiger charge is 2.05. The molecule has 0 aliphatic heterocycles. The number of nitrogens with zero attached hydrogens (tertiary/aromatic N) is 1. The Bertz CT molecular complexity index is 496. The van der Waals surface area contributed by atoms with Crippen molar-refractivity contribution < 1.29 is 4.79 Å². The molecule has 4 nitrogen and oxygen atoms in total. The van der Waals surface area contributed by atoms with E-state index in [0.717, 1.165) is 9.39 Å². The van der Waals surface area contributed by atoms with Crippen LogP contribution in [0.1, 0.15) is 16.2 Å². The average Bonchev–Trinajstić information content (AvgIpc) is 2.82. The second-order valence-corrected chi connectivity index (χ2v) is 4.80. The first-order chi connectivity index (χ1) is 8.25. The molecule has 0 bridgehead atoms. The average molecular weight is 341 g/mol. The first-order valence-electron chi connectivity index (χ1n) is 5.28. The molecule has 0 saturated heterocycles. The Morgan fingerprint density at radius 1 is 1.47 bits per heavy atom. The lowest BCUT2D eigenvalue weighted by Crippen LogP contribution is -2.25. The number of hydrogen-bond acceptors (Lipinski definition) is 2. The Morgan fingerprint density at radius 3 is 3.06 bits per heavy atom. The van der Waals surface area contributed by atoms with E-state index in [1.54, 1.807) is 12.4 Å². The third-order valence-corrected chi connectivity index (χ3v) is 2.96. The normalized spacial score (nSPS) is 10.2. The Balaban J connectivity index is 1.85. The molecule has 0 aliphatic rings. The number of hydrogen-bond donors (Lipinski definition) is 2. The Labute approximate surface area is 113 Å². The van der Waals surface area contributed by atoms with Gasteiger partial charge in [0.25, 0.3) is 5.91 Å². The van der Waals surface area contributed by atoms with Crippen LogP contribution in [0.5, 0.6) is 0 Å². The van der Waals surface area contributed by atoms with Crippen LogP contribution in [-0.2, 0) is 6.42 Å². The van der Waals surface area contributed by atoms with Gasteiger partial charge in [-0.05, 0) is 40.8 Å². The van der Waals surface area contributed by atoms with Gasteiger partial charge in [0.05, 0.1) is 0 Å². The molecule has 2 N–H and O–H groups in total. The van der Waals surface area contributed by atoms with Crippen molar-refractivity contribution in [2.24, 2.45) is 0 Å². The van der Waals surface area contributed by atoms with Crippen LogP contribution in [0.4, 0.5) is 0 Å². The number of carbonyl (C=O) groups is 1. The summed E-state index contributed by atoms with van der Waals surface area (Å²) in [5.41, 5.74) is 0.691. The van der Waals surface area contributed by atoms with Crippen LogP contribution in [0.2, 0.25) is 0 Å². The van der Waals surface area contributed by atoms with E-state index in [2.05, 4.69) is 37.9 Å². The number of rotatable bonds is 4. The number of benzene rings is 1. The predicted octanol–water partition coefficient (Wildman–Crippen LogP) is 1.99. The van der Waals surface area contributed by atoms with Crippen LogP contribution in [0.3, 0.4) is 0 Å². The molecule has 0 aliphatic carbocycles. The molecule has 0 radical (unpaired) electrons. The fourth-order valence-corrected chi connectivity index (χ4v) is 2.00. The maximum atomic E-state index is 11.8. The molecule has 1 aromatic heterocycles. The van der Waals surface area contributed by atoms with Gasteiger partial charge in [-0.15, -0.1) is 0 Å². The van der Waals surface area contributed by atoms with Gasteiger partial charge in [0.1, 0.15) is 5.82 Å². The molecule has 2 aromatic rings. The molecule has 1 aromatic carbocycles. The number of halogens is 1. The van der Waals surface area contributed by atoms with Crippen molar-refractivity contribution in [3.63, 3.8) is 0 Å². The highest BCUT2D eigenvalue weighted by molar-refractivity contribution is 14.1. The van der Waals surface area contributed by atoms with Gasteiger partial charge < -0.3 is 10.3 Å². The number of H-pyrrole nitrogens is 1. The molecule has 0 atom stereocenters. The first-order valence-corrected chi connectivity index (χ1v) is 6.35. The Morgan fingerprint density at radius 2 is 2.35 bits per heavy atom. The second-order valence-electron chi connectivity index (χ2n) is 3.55. The van der Waals surface area contributed by atoms with Crippen molar-refractivity contribution in [2.75, 3.05) is 6.54 Å². The standard InChI is InChI=1S/C12H12IN3O/c13-10-3-1-2-9(8-10)12(17)16-5-4-11-14-6-7-15-11/h1-3,6-8H,4-5H2,(H,14,15)(H,16,17). The number of imidazole rings is 1. The van der Waals surface area contributed by atoms with E-state index in [-0.39, 0.29) is 5.91 Å². The fraction of sp³-hybridized carbons (Fsp3) is 0.167. The SMILES string of the molecule is O=C(NCCc1ncc[nH]1)c1cccc(I)c1. The molecule has 1 heterocycles. The molecule has 5 heteroatoms. The number of nitrogens with one attached hydrogen (secondary N) is 2. The van der Waals surface area contributed by atoms with Crippen LogP contribution in [0.15, 0.2) is 36.7 Å². The zero-order chi connectivity index (χ0) is 12.1. The molecule has 2 rings (SSSR count). The highest BCUT2D eigenvalue weighted by Crippen LogP contribution is 2.07. The highest BCUT2D eigenvalue weighted by atomic mass is 127. The summed E-state index contributed by atoms with van der Waals surface area (Å²) < 4.78 is 1.06. The summed E-state index contributed by atoms with van der Waals surface area (Å²) in [5, 5.41) is 2.86. The molecule has 17 heavy (non-hydrogen) atoms. The number of aromatic amines is 1. The maximum absolute atomic E-state index is 11.8. The Kier molecular flexibility index (Phi) is 4.13. The van der Waals surface area contributed by atoms with E-state index in [1.807, 2.05) is 24.3 Å². The lowest BCUT2D eigenvalue weighted by Gasteiger charge is -2.04. The van der Waals surface area contributed by atoms with E-state index >= 15 is 0 Å². The lowest BCUT2D eigenvalue weighted by atomic mass is 10.2. The summed E-state index contributed by atoms with van der Waals surface area (Å²) >= 11 is 2.19. The van der Waals surface area contributed by atoms with Crippen molar-refractivity contribution in [3.05, 3.63) is 51.6 Å². The summed E-state index contributed by atoms with van der Waals surface area (Å²) in [6, 6.07) is 7.51. The van der Waals surface area contributed by atoms with Gasteiger partial charge in [0.15, 0.2) is 0 Å². The van der Waals surface area contributed by atoms with Crippen molar-refractivity contribution in [3.8, 4) is 0 Å². The lowest BCUT2D eigenvalue weighted by molar-refractivity contribution is 0.0954. The molecule has 0 unspecified atom stereocenters. The van der Waals surface area contributed by atoms with Crippen LogP contribution >= 0.6 is 22.6 Å². The zero-order valence-corrected chi connectivity index (χ0v) is 11.3. The molecule has 88 valence electrons. The van der Waals surface area contributed by atoms with E-state index in [1.165, 1.54) is 0 Å². The minimum Gasteiger partial charge on any atom is -0.352 e. The van der Waals surface area contributed by atoms with Crippen molar-refractivity contribution >= 4 is 28.5 Å². The van der Waals surface area contributed by atoms with Gasteiger partial charge in [0, 0.05) is 34.5 Å². The fourth-order valence-electron chi connectivity index (χ4n) is 1.46.